The molecule has 1 fully saturated rings. The van der Waals surface area contributed by atoms with Crippen LogP contribution in [0.15, 0.2) is 48.5 Å². The summed E-state index contributed by atoms with van der Waals surface area (Å²) in [7, 11) is 0. The zero-order valence-corrected chi connectivity index (χ0v) is 11.2. The highest BCUT2D eigenvalue weighted by Crippen LogP contribution is 2.55. The molecule has 2 atom stereocenters. The van der Waals surface area contributed by atoms with Crippen molar-refractivity contribution in [3.63, 3.8) is 0 Å². The fourth-order valence-electron chi connectivity index (χ4n) is 2.81. The Labute approximate surface area is 121 Å². The van der Waals surface area contributed by atoms with Gasteiger partial charge in [-0.15, -0.1) is 0 Å². The number of carboxylic acids is 2. The molecule has 0 saturated heterocycles. The molecule has 0 bridgehead atoms. The summed E-state index contributed by atoms with van der Waals surface area (Å²) >= 11 is 0. The van der Waals surface area contributed by atoms with Gasteiger partial charge in [0.2, 0.25) is 0 Å². The SMILES string of the molecule is O=C(O)c1ccc([C@H]2C[C@H]2c2ccccc2)c(C(=O)O)c1. The van der Waals surface area contributed by atoms with Crippen molar-refractivity contribution in [1.29, 1.82) is 0 Å². The maximum atomic E-state index is 11.4. The summed E-state index contributed by atoms with van der Waals surface area (Å²) in [5, 5.41) is 18.3. The highest BCUT2D eigenvalue weighted by atomic mass is 16.4. The Morgan fingerprint density at radius 1 is 0.905 bits per heavy atom. The molecule has 0 unspecified atom stereocenters. The lowest BCUT2D eigenvalue weighted by Crippen LogP contribution is -2.06. The first-order valence-corrected chi connectivity index (χ1v) is 6.73. The Morgan fingerprint density at radius 2 is 1.62 bits per heavy atom. The van der Waals surface area contributed by atoms with E-state index in [4.69, 9.17) is 5.11 Å². The van der Waals surface area contributed by atoms with Crippen molar-refractivity contribution in [1.82, 2.24) is 0 Å². The smallest absolute Gasteiger partial charge is 0.335 e. The lowest BCUT2D eigenvalue weighted by molar-refractivity contribution is 0.0695. The lowest BCUT2D eigenvalue weighted by Gasteiger charge is -2.07. The van der Waals surface area contributed by atoms with Crippen LogP contribution in [0.2, 0.25) is 0 Å². The molecule has 2 aromatic rings. The first kappa shape index (κ1) is 13.4. The van der Waals surface area contributed by atoms with Crippen molar-refractivity contribution >= 4 is 11.9 Å². The minimum absolute atomic E-state index is 0.00746. The molecule has 0 radical (unpaired) electrons. The quantitative estimate of drug-likeness (QED) is 0.901. The van der Waals surface area contributed by atoms with E-state index in [0.717, 1.165) is 12.0 Å². The average Bonchev–Trinajstić information content (AvgIpc) is 3.27. The molecule has 4 nitrogen and oxygen atoms in total. The van der Waals surface area contributed by atoms with Gasteiger partial charge in [0.1, 0.15) is 0 Å². The Bertz CT molecular complexity index is 706. The van der Waals surface area contributed by atoms with Gasteiger partial charge in [-0.1, -0.05) is 36.4 Å². The molecule has 0 spiro atoms. The van der Waals surface area contributed by atoms with Crippen molar-refractivity contribution in [2.75, 3.05) is 0 Å². The summed E-state index contributed by atoms with van der Waals surface area (Å²) < 4.78 is 0. The van der Waals surface area contributed by atoms with Gasteiger partial charge in [0.25, 0.3) is 0 Å². The lowest BCUT2D eigenvalue weighted by atomic mass is 9.97. The van der Waals surface area contributed by atoms with E-state index in [1.807, 2.05) is 30.3 Å². The second-order valence-corrected chi connectivity index (χ2v) is 5.27. The number of carboxylic acid groups (broad SMARTS) is 2. The maximum Gasteiger partial charge on any atom is 0.335 e. The number of carbonyl (C=O) groups is 2. The average molecular weight is 282 g/mol. The fourth-order valence-corrected chi connectivity index (χ4v) is 2.81. The van der Waals surface area contributed by atoms with Gasteiger partial charge in [-0.25, -0.2) is 9.59 Å². The third-order valence-electron chi connectivity index (χ3n) is 3.95. The van der Waals surface area contributed by atoms with E-state index in [0.29, 0.717) is 5.92 Å². The van der Waals surface area contributed by atoms with Gasteiger partial charge in [0, 0.05) is 0 Å². The van der Waals surface area contributed by atoms with Crippen molar-refractivity contribution in [2.45, 2.75) is 18.3 Å². The Balaban J connectivity index is 1.93. The molecule has 106 valence electrons. The van der Waals surface area contributed by atoms with Crippen LogP contribution in [0.3, 0.4) is 0 Å². The second-order valence-electron chi connectivity index (χ2n) is 5.27. The Hall–Kier alpha value is -2.62. The minimum Gasteiger partial charge on any atom is -0.478 e. The van der Waals surface area contributed by atoms with E-state index in [2.05, 4.69) is 0 Å². The Morgan fingerprint density at radius 3 is 2.24 bits per heavy atom. The van der Waals surface area contributed by atoms with Gasteiger partial charge in [-0.05, 0) is 41.5 Å². The van der Waals surface area contributed by atoms with Crippen LogP contribution in [0, 0.1) is 0 Å². The number of hydrogen-bond donors (Lipinski definition) is 2. The summed E-state index contributed by atoms with van der Waals surface area (Å²) in [5.41, 5.74) is 2.02. The van der Waals surface area contributed by atoms with Gasteiger partial charge in [-0.2, -0.15) is 0 Å². The van der Waals surface area contributed by atoms with Gasteiger partial charge in [-0.3, -0.25) is 0 Å². The summed E-state index contributed by atoms with van der Waals surface area (Å²) in [6.07, 6.45) is 0.900. The fraction of sp³-hybridized carbons (Fsp3) is 0.176. The molecule has 2 aromatic carbocycles. The van der Waals surface area contributed by atoms with Crippen LogP contribution in [0.25, 0.3) is 0 Å². The highest BCUT2D eigenvalue weighted by molar-refractivity contribution is 5.95. The number of rotatable bonds is 4. The largest absolute Gasteiger partial charge is 0.478 e. The molecule has 0 aliphatic heterocycles. The summed E-state index contributed by atoms with van der Waals surface area (Å²) in [4.78, 5) is 22.3. The zero-order chi connectivity index (χ0) is 15.0. The summed E-state index contributed by atoms with van der Waals surface area (Å²) in [6, 6.07) is 14.3. The standard InChI is InChI=1S/C17H14O4/c18-16(19)11-6-7-12(15(8-11)17(20)21)14-9-13(14)10-4-2-1-3-5-10/h1-8,13-14H,9H2,(H,18,19)(H,20,21)/t13-,14+/m0/s1. The van der Waals surface area contributed by atoms with E-state index in [9.17, 15) is 14.7 Å². The molecule has 1 saturated carbocycles. The third kappa shape index (κ3) is 2.52. The van der Waals surface area contributed by atoms with E-state index in [-0.39, 0.29) is 17.0 Å². The second kappa shape index (κ2) is 5.05. The molecule has 1 aliphatic rings. The van der Waals surface area contributed by atoms with E-state index in [1.165, 1.54) is 17.7 Å². The highest BCUT2D eigenvalue weighted by Gasteiger charge is 2.41. The topological polar surface area (TPSA) is 74.6 Å². The maximum absolute atomic E-state index is 11.4. The van der Waals surface area contributed by atoms with Crippen LogP contribution in [-0.2, 0) is 0 Å². The third-order valence-corrected chi connectivity index (χ3v) is 3.95. The molecule has 1 aliphatic carbocycles. The predicted octanol–water partition coefficient (Wildman–Crippen LogP) is 3.35. The van der Waals surface area contributed by atoms with E-state index >= 15 is 0 Å². The van der Waals surface area contributed by atoms with Gasteiger partial charge < -0.3 is 10.2 Å². The van der Waals surface area contributed by atoms with E-state index in [1.54, 1.807) is 6.07 Å². The van der Waals surface area contributed by atoms with Crippen LogP contribution in [0.1, 0.15) is 50.1 Å². The van der Waals surface area contributed by atoms with Crippen LogP contribution < -0.4 is 0 Å². The molecule has 3 rings (SSSR count). The monoisotopic (exact) mass is 282 g/mol. The van der Waals surface area contributed by atoms with Gasteiger partial charge >= 0.3 is 11.9 Å². The van der Waals surface area contributed by atoms with Crippen molar-refractivity contribution in [3.8, 4) is 0 Å². The van der Waals surface area contributed by atoms with Crippen LogP contribution in [0.4, 0.5) is 0 Å². The van der Waals surface area contributed by atoms with Crippen molar-refractivity contribution in [2.24, 2.45) is 0 Å². The van der Waals surface area contributed by atoms with E-state index < -0.39 is 11.9 Å². The van der Waals surface area contributed by atoms with Crippen LogP contribution in [-0.4, -0.2) is 22.2 Å². The summed E-state index contributed by atoms with van der Waals surface area (Å²) in [6.45, 7) is 0. The molecular weight excluding hydrogens is 268 g/mol. The van der Waals surface area contributed by atoms with Gasteiger partial charge in [0.05, 0.1) is 11.1 Å². The number of benzene rings is 2. The predicted molar refractivity (Wildman–Crippen MR) is 76.9 cm³/mol. The molecule has 4 heteroatoms. The molecule has 2 N–H and O–H groups in total. The summed E-state index contributed by atoms with van der Waals surface area (Å²) in [5.74, 6) is -1.72. The minimum atomic E-state index is -1.11. The normalized spacial score (nSPS) is 20.0. The molecule has 21 heavy (non-hydrogen) atoms. The zero-order valence-electron chi connectivity index (χ0n) is 11.2. The number of aromatic carboxylic acids is 2. The Kier molecular flexibility index (Phi) is 3.22. The first-order chi connectivity index (χ1) is 10.1. The number of hydrogen-bond acceptors (Lipinski definition) is 2. The molecular formula is C17H14O4. The van der Waals surface area contributed by atoms with Crippen molar-refractivity contribution < 1.29 is 19.8 Å². The van der Waals surface area contributed by atoms with Crippen LogP contribution in [0.5, 0.6) is 0 Å². The molecule has 0 aromatic heterocycles. The molecule has 0 heterocycles. The van der Waals surface area contributed by atoms with Crippen LogP contribution >= 0.6 is 0 Å². The molecule has 0 amide bonds. The van der Waals surface area contributed by atoms with Crippen molar-refractivity contribution in [3.05, 3.63) is 70.8 Å². The first-order valence-electron chi connectivity index (χ1n) is 6.73. The van der Waals surface area contributed by atoms with Gasteiger partial charge in [0.15, 0.2) is 0 Å².